The quantitative estimate of drug-likeness (QED) is 0.216. The number of rotatable bonds is 10. The lowest BCUT2D eigenvalue weighted by Crippen LogP contribution is -2.18. The Bertz CT molecular complexity index is 1170. The van der Waals surface area contributed by atoms with Crippen LogP contribution < -0.4 is 4.74 Å². The number of esters is 1. The van der Waals surface area contributed by atoms with Crippen LogP contribution in [-0.4, -0.2) is 19.7 Å². The lowest BCUT2D eigenvalue weighted by atomic mass is 9.92. The van der Waals surface area contributed by atoms with E-state index in [4.69, 9.17) is 14.2 Å². The van der Waals surface area contributed by atoms with E-state index in [1.165, 1.54) is 24.8 Å². The first-order valence-electron chi connectivity index (χ1n) is 12.4. The molecule has 0 N–H and O–H groups in total. The van der Waals surface area contributed by atoms with E-state index < -0.39 is 0 Å². The van der Waals surface area contributed by atoms with Crippen LogP contribution in [0.2, 0.25) is 0 Å². The number of hydrogen-bond donors (Lipinski definition) is 0. The van der Waals surface area contributed by atoms with Crippen molar-refractivity contribution >= 4 is 11.7 Å². The highest BCUT2D eigenvalue weighted by atomic mass is 16.5. The number of allylic oxidation sites excluding steroid dienone is 1. The number of benzene rings is 2. The molecule has 2 fully saturated rings. The summed E-state index contributed by atoms with van der Waals surface area (Å²) in [5.74, 6) is 2.44. The Morgan fingerprint density at radius 2 is 1.91 bits per heavy atom. The number of methoxy groups -OCH3 is 1. The zero-order valence-electron chi connectivity index (χ0n) is 20.5. The van der Waals surface area contributed by atoms with E-state index in [0.717, 1.165) is 46.4 Å². The minimum Gasteiger partial charge on any atom is -0.497 e. The predicted molar refractivity (Wildman–Crippen MR) is 135 cm³/mol. The first-order valence-corrected chi connectivity index (χ1v) is 12.4. The zero-order valence-corrected chi connectivity index (χ0v) is 20.5. The summed E-state index contributed by atoms with van der Waals surface area (Å²) in [7, 11) is 1.64. The maximum atomic E-state index is 12.2. The minimum atomic E-state index is -0.267. The summed E-state index contributed by atoms with van der Waals surface area (Å²) in [6, 6.07) is 9.92. The maximum Gasteiger partial charge on any atom is 0.338 e. The average molecular weight is 459 g/mol. The molecule has 1 heterocycles. The molecule has 2 aromatic carbocycles. The molecule has 178 valence electrons. The Balaban J connectivity index is 1.50. The number of aryl methyl sites for hydroxylation is 1. The molecule has 4 heteroatoms. The summed E-state index contributed by atoms with van der Waals surface area (Å²) in [6.07, 6.45) is 5.94. The highest BCUT2D eigenvalue weighted by molar-refractivity contribution is 5.97. The Morgan fingerprint density at radius 1 is 1.15 bits per heavy atom. The van der Waals surface area contributed by atoms with Crippen LogP contribution in [0.15, 0.2) is 49.1 Å². The second-order valence-corrected chi connectivity index (χ2v) is 10.2. The molecule has 0 spiro atoms. The SMILES string of the molecule is C=C(OC)c1c(C)ccc(-c2cccc3c2COC3=O)c1OCC1(C2CC2C(=C)CCC)CC1. The fourth-order valence-corrected chi connectivity index (χ4v) is 5.72. The van der Waals surface area contributed by atoms with Crippen LogP contribution in [0.4, 0.5) is 0 Å². The van der Waals surface area contributed by atoms with E-state index in [1.54, 1.807) is 7.11 Å². The summed E-state index contributed by atoms with van der Waals surface area (Å²) in [5.41, 5.74) is 7.05. The Morgan fingerprint density at radius 3 is 2.62 bits per heavy atom. The van der Waals surface area contributed by atoms with Crippen molar-refractivity contribution in [2.24, 2.45) is 17.3 Å². The molecule has 0 radical (unpaired) electrons. The highest BCUT2D eigenvalue weighted by Gasteiger charge is 2.60. The first kappa shape index (κ1) is 22.8. The molecule has 2 aliphatic carbocycles. The predicted octanol–water partition coefficient (Wildman–Crippen LogP) is 7.10. The van der Waals surface area contributed by atoms with Gasteiger partial charge in [0.25, 0.3) is 0 Å². The van der Waals surface area contributed by atoms with Crippen molar-refractivity contribution in [2.45, 2.75) is 52.6 Å². The van der Waals surface area contributed by atoms with E-state index in [-0.39, 0.29) is 18.0 Å². The molecule has 4 nitrogen and oxygen atoms in total. The summed E-state index contributed by atoms with van der Waals surface area (Å²) in [4.78, 5) is 12.2. The molecule has 34 heavy (non-hydrogen) atoms. The molecule has 2 unspecified atom stereocenters. The van der Waals surface area contributed by atoms with Crippen molar-refractivity contribution in [3.8, 4) is 16.9 Å². The number of hydrogen-bond acceptors (Lipinski definition) is 4. The van der Waals surface area contributed by atoms with E-state index in [9.17, 15) is 4.79 Å². The standard InChI is InChI=1S/C30H34O4/c1-6-8-18(2)24-15-26(24)30(13-14-30)17-34-28-22(12-11-19(3)27(28)20(4)32-5)21-9-7-10-23-25(21)16-33-29(23)31/h7,9-12,24,26H,2,4,6,8,13-17H2,1,3,5H3. The third-order valence-corrected chi connectivity index (χ3v) is 7.99. The van der Waals surface area contributed by atoms with E-state index in [2.05, 4.69) is 39.1 Å². The largest absolute Gasteiger partial charge is 0.497 e. The normalized spacial score (nSPS) is 21.4. The van der Waals surface area contributed by atoms with E-state index in [1.807, 2.05) is 18.2 Å². The number of cyclic esters (lactones) is 1. The number of carbonyl (C=O) groups is 1. The maximum absolute atomic E-state index is 12.2. The molecule has 2 aromatic rings. The number of ether oxygens (including phenoxy) is 3. The van der Waals surface area contributed by atoms with Crippen molar-refractivity contribution in [3.63, 3.8) is 0 Å². The molecular weight excluding hydrogens is 424 g/mol. The zero-order chi connectivity index (χ0) is 24.0. The summed E-state index contributed by atoms with van der Waals surface area (Å²) in [6.45, 7) is 13.8. The van der Waals surface area contributed by atoms with Crippen molar-refractivity contribution in [1.29, 1.82) is 0 Å². The van der Waals surface area contributed by atoms with Crippen molar-refractivity contribution in [2.75, 3.05) is 13.7 Å². The fraction of sp³-hybridized carbons (Fsp3) is 0.433. The van der Waals surface area contributed by atoms with Gasteiger partial charge in [-0.1, -0.05) is 56.3 Å². The van der Waals surface area contributed by atoms with E-state index in [0.29, 0.717) is 29.8 Å². The van der Waals surface area contributed by atoms with Gasteiger partial charge in [-0.2, -0.15) is 0 Å². The van der Waals surface area contributed by atoms with Gasteiger partial charge in [0.1, 0.15) is 18.1 Å². The lowest BCUT2D eigenvalue weighted by molar-refractivity contribution is 0.0535. The monoisotopic (exact) mass is 458 g/mol. The van der Waals surface area contributed by atoms with Crippen LogP contribution in [0, 0.1) is 24.2 Å². The number of fused-ring (bicyclic) bond motifs is 1. The van der Waals surface area contributed by atoms with Crippen molar-refractivity contribution in [1.82, 2.24) is 0 Å². The minimum absolute atomic E-state index is 0.242. The molecule has 2 saturated carbocycles. The Labute approximate surface area is 202 Å². The molecule has 1 aliphatic heterocycles. The van der Waals surface area contributed by atoms with Gasteiger partial charge in [0, 0.05) is 16.5 Å². The molecule has 0 aromatic heterocycles. The van der Waals surface area contributed by atoms with Gasteiger partial charge in [0.2, 0.25) is 0 Å². The van der Waals surface area contributed by atoms with Crippen LogP contribution in [0.5, 0.6) is 5.75 Å². The molecule has 0 amide bonds. The van der Waals surface area contributed by atoms with Crippen molar-refractivity contribution < 1.29 is 19.0 Å². The highest BCUT2D eigenvalue weighted by Crippen LogP contribution is 2.66. The van der Waals surface area contributed by atoms with Crippen LogP contribution in [-0.2, 0) is 16.1 Å². The van der Waals surface area contributed by atoms with Gasteiger partial charge in [-0.05, 0) is 61.6 Å². The molecule has 3 aliphatic rings. The summed E-state index contributed by atoms with van der Waals surface area (Å²) in [5, 5.41) is 0. The average Bonchev–Trinajstić information content (AvgIpc) is 3.75. The molecule has 2 atom stereocenters. The van der Waals surface area contributed by atoms with Gasteiger partial charge >= 0.3 is 5.97 Å². The van der Waals surface area contributed by atoms with Crippen LogP contribution in [0.3, 0.4) is 0 Å². The third-order valence-electron chi connectivity index (χ3n) is 7.99. The fourth-order valence-electron chi connectivity index (χ4n) is 5.72. The number of carbonyl (C=O) groups excluding carboxylic acids is 1. The Hall–Kier alpha value is -3.01. The van der Waals surface area contributed by atoms with Crippen LogP contribution >= 0.6 is 0 Å². The van der Waals surface area contributed by atoms with Gasteiger partial charge in [-0.25, -0.2) is 4.79 Å². The Kier molecular flexibility index (Phi) is 5.79. The van der Waals surface area contributed by atoms with Gasteiger partial charge in [-0.15, -0.1) is 0 Å². The summed E-state index contributed by atoms with van der Waals surface area (Å²) >= 11 is 0. The van der Waals surface area contributed by atoms with Crippen LogP contribution in [0.1, 0.15) is 66.1 Å². The second kappa shape index (κ2) is 8.65. The van der Waals surface area contributed by atoms with Gasteiger partial charge in [0.05, 0.1) is 24.8 Å². The van der Waals surface area contributed by atoms with Gasteiger partial charge in [0.15, 0.2) is 0 Å². The third kappa shape index (κ3) is 3.83. The second-order valence-electron chi connectivity index (χ2n) is 10.2. The molecule has 0 bridgehead atoms. The van der Waals surface area contributed by atoms with Gasteiger partial charge in [-0.3, -0.25) is 0 Å². The molecule has 0 saturated heterocycles. The summed E-state index contributed by atoms with van der Waals surface area (Å²) < 4.78 is 17.6. The van der Waals surface area contributed by atoms with E-state index >= 15 is 0 Å². The van der Waals surface area contributed by atoms with Crippen LogP contribution in [0.25, 0.3) is 16.9 Å². The van der Waals surface area contributed by atoms with Crippen molar-refractivity contribution in [3.05, 3.63) is 71.3 Å². The molecule has 5 rings (SSSR count). The smallest absolute Gasteiger partial charge is 0.338 e. The topological polar surface area (TPSA) is 44.8 Å². The first-order chi connectivity index (χ1) is 16.4. The van der Waals surface area contributed by atoms with Gasteiger partial charge < -0.3 is 14.2 Å². The lowest BCUT2D eigenvalue weighted by Gasteiger charge is -2.23. The molecular formula is C30H34O4.